The van der Waals surface area contributed by atoms with Crippen molar-refractivity contribution in [3.63, 3.8) is 0 Å². The number of allylic oxidation sites excluding steroid dienone is 1. The van der Waals surface area contributed by atoms with Gasteiger partial charge in [-0.2, -0.15) is 0 Å². The molecule has 2 aromatic heterocycles. The van der Waals surface area contributed by atoms with Gasteiger partial charge in [-0.05, 0) is 50.2 Å². The summed E-state index contributed by atoms with van der Waals surface area (Å²) in [6.45, 7) is 0.858. The molecule has 0 saturated carbocycles. The Morgan fingerprint density at radius 2 is 2.27 bits per heavy atom. The molecular weight excluding hydrogens is 350 g/mol. The van der Waals surface area contributed by atoms with E-state index in [9.17, 15) is 9.59 Å². The van der Waals surface area contributed by atoms with E-state index >= 15 is 0 Å². The van der Waals surface area contributed by atoms with Crippen molar-refractivity contribution >= 4 is 27.5 Å². The zero-order valence-corrected chi connectivity index (χ0v) is 15.5. The molecule has 26 heavy (non-hydrogen) atoms. The molecule has 2 aliphatic rings. The highest BCUT2D eigenvalue weighted by molar-refractivity contribution is 7.18. The third-order valence-electron chi connectivity index (χ3n) is 5.07. The minimum Gasteiger partial charge on any atom is -0.497 e. The lowest BCUT2D eigenvalue weighted by Gasteiger charge is -2.19. The molecule has 1 aliphatic carbocycles. The lowest BCUT2D eigenvalue weighted by Crippen LogP contribution is -2.34. The first kappa shape index (κ1) is 17.3. The van der Waals surface area contributed by atoms with E-state index in [1.165, 1.54) is 16.9 Å². The van der Waals surface area contributed by atoms with Crippen LogP contribution in [0.2, 0.25) is 0 Å². The number of nitrogens with one attached hydrogen (secondary N) is 1. The van der Waals surface area contributed by atoms with E-state index in [0.29, 0.717) is 13.1 Å². The summed E-state index contributed by atoms with van der Waals surface area (Å²) in [6, 6.07) is 0. The fourth-order valence-electron chi connectivity index (χ4n) is 3.61. The zero-order chi connectivity index (χ0) is 17.9. The number of thiophene rings is 1. The van der Waals surface area contributed by atoms with Crippen LogP contribution in [0, 0.1) is 0 Å². The van der Waals surface area contributed by atoms with Crippen molar-refractivity contribution in [2.45, 2.75) is 57.6 Å². The second kappa shape index (κ2) is 7.61. The van der Waals surface area contributed by atoms with Crippen LogP contribution in [0.3, 0.4) is 0 Å². The minimum atomic E-state index is -0.0671. The normalized spacial score (nSPS) is 19.2. The van der Waals surface area contributed by atoms with E-state index in [1.54, 1.807) is 28.5 Å². The summed E-state index contributed by atoms with van der Waals surface area (Å²) in [6.07, 6.45) is 11.8. The topological polar surface area (TPSA) is 73.2 Å². The van der Waals surface area contributed by atoms with Crippen LogP contribution in [-0.4, -0.2) is 28.1 Å². The van der Waals surface area contributed by atoms with Crippen LogP contribution in [-0.2, 0) is 28.9 Å². The van der Waals surface area contributed by atoms with Gasteiger partial charge in [0, 0.05) is 17.8 Å². The molecule has 0 fully saturated rings. The van der Waals surface area contributed by atoms with E-state index < -0.39 is 0 Å². The van der Waals surface area contributed by atoms with Crippen LogP contribution in [0.25, 0.3) is 10.2 Å². The Morgan fingerprint density at radius 1 is 1.38 bits per heavy atom. The number of hydrogen-bond donors (Lipinski definition) is 1. The molecule has 2 aromatic rings. The van der Waals surface area contributed by atoms with Gasteiger partial charge in [0.25, 0.3) is 5.56 Å². The molecule has 4 rings (SSSR count). The molecule has 0 radical (unpaired) electrons. The van der Waals surface area contributed by atoms with E-state index in [4.69, 9.17) is 4.74 Å². The Kier molecular flexibility index (Phi) is 5.06. The van der Waals surface area contributed by atoms with E-state index in [2.05, 4.69) is 10.3 Å². The Labute approximate surface area is 155 Å². The molecule has 1 amide bonds. The first-order valence-corrected chi connectivity index (χ1v) is 10.1. The molecule has 1 aliphatic heterocycles. The van der Waals surface area contributed by atoms with Crippen molar-refractivity contribution in [3.8, 4) is 0 Å². The van der Waals surface area contributed by atoms with Crippen molar-refractivity contribution in [1.82, 2.24) is 14.9 Å². The number of fused-ring (bicyclic) bond motifs is 3. The smallest absolute Gasteiger partial charge is 0.262 e. The summed E-state index contributed by atoms with van der Waals surface area (Å²) in [5.74, 6) is -0.0671. The van der Waals surface area contributed by atoms with Crippen molar-refractivity contribution < 1.29 is 9.53 Å². The Morgan fingerprint density at radius 3 is 3.12 bits per heavy atom. The summed E-state index contributed by atoms with van der Waals surface area (Å²) < 4.78 is 7.02. The largest absolute Gasteiger partial charge is 0.497 e. The van der Waals surface area contributed by atoms with Crippen molar-refractivity contribution in [3.05, 3.63) is 39.5 Å². The fourth-order valence-corrected chi connectivity index (χ4v) is 4.83. The number of carbonyl (C=O) groups is 1. The van der Waals surface area contributed by atoms with Gasteiger partial charge in [-0.25, -0.2) is 4.98 Å². The maximum Gasteiger partial charge on any atom is 0.262 e. The van der Waals surface area contributed by atoms with Gasteiger partial charge in [0.2, 0.25) is 5.91 Å². The highest BCUT2D eigenvalue weighted by Gasteiger charge is 2.20. The van der Waals surface area contributed by atoms with Gasteiger partial charge in [-0.3, -0.25) is 14.2 Å². The predicted molar refractivity (Wildman–Crippen MR) is 101 cm³/mol. The van der Waals surface area contributed by atoms with Crippen molar-refractivity contribution in [1.29, 1.82) is 0 Å². The number of aryl methyl sites for hydroxylation is 3. The first-order chi connectivity index (χ1) is 12.7. The van der Waals surface area contributed by atoms with Gasteiger partial charge in [-0.1, -0.05) is 0 Å². The van der Waals surface area contributed by atoms with Gasteiger partial charge in [0.05, 0.1) is 24.5 Å². The molecule has 0 saturated heterocycles. The fraction of sp³-hybridized carbons (Fsp3) is 0.526. The maximum atomic E-state index is 12.8. The monoisotopic (exact) mass is 373 g/mol. The number of hydrogen-bond acceptors (Lipinski definition) is 5. The van der Waals surface area contributed by atoms with Crippen LogP contribution in [0.4, 0.5) is 0 Å². The summed E-state index contributed by atoms with van der Waals surface area (Å²) in [4.78, 5) is 31.6. The molecule has 3 heterocycles. The van der Waals surface area contributed by atoms with Crippen molar-refractivity contribution in [2.75, 3.05) is 6.54 Å². The SMILES string of the molecule is O=C(CCn1cnc2sc3c(c2c1=O)CCCC3)NC[C@@H]1CCC=CO1. The third-order valence-corrected chi connectivity index (χ3v) is 6.27. The van der Waals surface area contributed by atoms with Gasteiger partial charge >= 0.3 is 0 Å². The summed E-state index contributed by atoms with van der Waals surface area (Å²) in [7, 11) is 0. The molecule has 1 atom stereocenters. The van der Waals surface area contributed by atoms with Gasteiger partial charge < -0.3 is 10.1 Å². The van der Waals surface area contributed by atoms with Gasteiger partial charge in [-0.15, -0.1) is 11.3 Å². The number of carbonyl (C=O) groups excluding carboxylic acids is 1. The number of amides is 1. The standard InChI is InChI=1S/C19H23N3O3S/c23-16(20-11-13-5-3-4-10-25-13)8-9-22-12-21-18-17(19(22)24)14-6-1-2-7-15(14)26-18/h4,10,12-13H,1-3,5-9,11H2,(H,20,23)/t13-/m0/s1. The number of aromatic nitrogens is 2. The highest BCUT2D eigenvalue weighted by Crippen LogP contribution is 2.33. The average Bonchev–Trinajstić information content (AvgIpc) is 3.06. The molecule has 0 spiro atoms. The summed E-state index contributed by atoms with van der Waals surface area (Å²) in [5.41, 5.74) is 1.18. The van der Waals surface area contributed by atoms with Crippen LogP contribution >= 0.6 is 11.3 Å². The number of nitrogens with zero attached hydrogens (tertiary/aromatic N) is 2. The van der Waals surface area contributed by atoms with Gasteiger partial charge in [0.15, 0.2) is 0 Å². The number of rotatable bonds is 5. The molecular formula is C19H23N3O3S. The Balaban J connectivity index is 1.41. The van der Waals surface area contributed by atoms with Crippen LogP contribution in [0.1, 0.15) is 42.5 Å². The average molecular weight is 373 g/mol. The van der Waals surface area contributed by atoms with Crippen LogP contribution in [0.5, 0.6) is 0 Å². The lowest BCUT2D eigenvalue weighted by molar-refractivity contribution is -0.121. The molecule has 0 unspecified atom stereocenters. The molecule has 1 N–H and O–H groups in total. The highest BCUT2D eigenvalue weighted by atomic mass is 32.1. The van der Waals surface area contributed by atoms with E-state index in [0.717, 1.165) is 42.3 Å². The quantitative estimate of drug-likeness (QED) is 0.874. The van der Waals surface area contributed by atoms with Crippen LogP contribution < -0.4 is 10.9 Å². The van der Waals surface area contributed by atoms with Crippen molar-refractivity contribution in [2.24, 2.45) is 0 Å². The molecule has 0 aromatic carbocycles. The third kappa shape index (κ3) is 3.53. The molecule has 6 nitrogen and oxygen atoms in total. The lowest BCUT2D eigenvalue weighted by atomic mass is 9.97. The zero-order valence-electron chi connectivity index (χ0n) is 14.7. The minimum absolute atomic E-state index is 0.0112. The second-order valence-corrected chi connectivity index (χ2v) is 7.98. The van der Waals surface area contributed by atoms with Crippen LogP contribution in [0.15, 0.2) is 23.5 Å². The molecule has 138 valence electrons. The molecule has 7 heteroatoms. The maximum absolute atomic E-state index is 12.8. The first-order valence-electron chi connectivity index (χ1n) is 9.29. The van der Waals surface area contributed by atoms with E-state index in [-0.39, 0.29) is 24.0 Å². The Hall–Kier alpha value is -2.15. The van der Waals surface area contributed by atoms with Gasteiger partial charge in [0.1, 0.15) is 10.9 Å². The predicted octanol–water partition coefficient (Wildman–Crippen LogP) is 2.54. The summed E-state index contributed by atoms with van der Waals surface area (Å²) in [5, 5.41) is 3.67. The second-order valence-electron chi connectivity index (χ2n) is 6.90. The number of ether oxygens (including phenoxy) is 1. The summed E-state index contributed by atoms with van der Waals surface area (Å²) >= 11 is 1.65. The molecule has 0 bridgehead atoms. The Bertz CT molecular complexity index is 899. The van der Waals surface area contributed by atoms with E-state index in [1.807, 2.05) is 6.08 Å².